The smallest absolute Gasteiger partial charge is 0.238 e. The molecule has 0 aliphatic heterocycles. The number of nitrogens with zero attached hydrogens (tertiary/aromatic N) is 1. The summed E-state index contributed by atoms with van der Waals surface area (Å²) in [4.78, 5) is 14.3. The first-order chi connectivity index (χ1) is 12.3. The van der Waals surface area contributed by atoms with Crippen molar-refractivity contribution in [1.82, 2.24) is 4.90 Å². The van der Waals surface area contributed by atoms with Crippen LogP contribution in [0.2, 0.25) is 0 Å². The minimum absolute atomic E-state index is 0.0600. The molecule has 140 valence electrons. The Labute approximate surface area is 163 Å². The number of hydrogen-bond donors (Lipinski definition) is 1. The summed E-state index contributed by atoms with van der Waals surface area (Å²) in [5.41, 5.74) is 4.10. The number of carbonyl (C=O) groups is 1. The van der Waals surface area contributed by atoms with Crippen molar-refractivity contribution in [2.45, 2.75) is 20.4 Å². The molecule has 0 radical (unpaired) electrons. The van der Waals surface area contributed by atoms with Gasteiger partial charge in [0.15, 0.2) is 11.5 Å². The first-order valence-electron chi connectivity index (χ1n) is 8.30. The highest BCUT2D eigenvalue weighted by Gasteiger charge is 2.13. The van der Waals surface area contributed by atoms with Crippen molar-refractivity contribution < 1.29 is 14.3 Å². The summed E-state index contributed by atoms with van der Waals surface area (Å²) in [7, 11) is 5.16. The number of rotatable bonds is 7. The van der Waals surface area contributed by atoms with Gasteiger partial charge in [0, 0.05) is 11.0 Å². The lowest BCUT2D eigenvalue weighted by Crippen LogP contribution is -2.30. The molecular formula is C20H25BrN2O3. The SMILES string of the molecule is COc1cc(C)c(CN(C)CC(=O)Nc2ccc(C)cc2Br)cc1OC. The molecule has 0 saturated carbocycles. The molecule has 2 rings (SSSR count). The lowest BCUT2D eigenvalue weighted by atomic mass is 10.1. The first kappa shape index (κ1) is 20.3. The van der Waals surface area contributed by atoms with E-state index < -0.39 is 0 Å². The number of ether oxygens (including phenoxy) is 2. The fourth-order valence-electron chi connectivity index (χ4n) is 2.70. The molecule has 0 atom stereocenters. The van der Waals surface area contributed by atoms with E-state index in [9.17, 15) is 4.79 Å². The number of methoxy groups -OCH3 is 2. The van der Waals surface area contributed by atoms with E-state index in [1.807, 2.05) is 56.1 Å². The van der Waals surface area contributed by atoms with Crippen LogP contribution in [0, 0.1) is 13.8 Å². The van der Waals surface area contributed by atoms with Gasteiger partial charge in [0.1, 0.15) is 0 Å². The number of carbonyl (C=O) groups excluding carboxylic acids is 1. The van der Waals surface area contributed by atoms with Crippen LogP contribution in [-0.2, 0) is 11.3 Å². The number of halogens is 1. The highest BCUT2D eigenvalue weighted by Crippen LogP contribution is 2.30. The van der Waals surface area contributed by atoms with Gasteiger partial charge in [0.05, 0.1) is 26.5 Å². The van der Waals surface area contributed by atoms with E-state index in [-0.39, 0.29) is 12.5 Å². The maximum atomic E-state index is 12.3. The van der Waals surface area contributed by atoms with Crippen molar-refractivity contribution in [2.75, 3.05) is 33.1 Å². The van der Waals surface area contributed by atoms with Crippen molar-refractivity contribution in [3.63, 3.8) is 0 Å². The van der Waals surface area contributed by atoms with Crippen molar-refractivity contribution in [1.29, 1.82) is 0 Å². The molecule has 0 spiro atoms. The van der Waals surface area contributed by atoms with Gasteiger partial charge in [-0.25, -0.2) is 0 Å². The van der Waals surface area contributed by atoms with Crippen LogP contribution in [0.4, 0.5) is 5.69 Å². The van der Waals surface area contributed by atoms with E-state index in [0.29, 0.717) is 18.0 Å². The standard InChI is InChI=1S/C20H25BrN2O3/c1-13-6-7-17(16(21)8-13)22-20(24)12-23(3)11-15-10-19(26-5)18(25-4)9-14(15)2/h6-10H,11-12H2,1-5H3,(H,22,24). The van der Waals surface area contributed by atoms with E-state index in [4.69, 9.17) is 9.47 Å². The van der Waals surface area contributed by atoms with Gasteiger partial charge in [0.2, 0.25) is 5.91 Å². The van der Waals surface area contributed by atoms with E-state index >= 15 is 0 Å². The molecule has 6 heteroatoms. The van der Waals surface area contributed by atoms with Crippen molar-refractivity contribution in [3.8, 4) is 11.5 Å². The van der Waals surface area contributed by atoms with Gasteiger partial charge in [-0.3, -0.25) is 9.69 Å². The lowest BCUT2D eigenvalue weighted by molar-refractivity contribution is -0.117. The van der Waals surface area contributed by atoms with Gasteiger partial charge >= 0.3 is 0 Å². The maximum absolute atomic E-state index is 12.3. The fraction of sp³-hybridized carbons (Fsp3) is 0.350. The van der Waals surface area contributed by atoms with Crippen LogP contribution in [-0.4, -0.2) is 38.6 Å². The predicted octanol–water partition coefficient (Wildman–Crippen LogP) is 4.15. The molecule has 0 unspecified atom stereocenters. The molecule has 0 heterocycles. The molecule has 0 bridgehead atoms. The van der Waals surface area contributed by atoms with Crippen LogP contribution >= 0.6 is 15.9 Å². The highest BCUT2D eigenvalue weighted by molar-refractivity contribution is 9.10. The Morgan fingerprint density at radius 3 is 2.38 bits per heavy atom. The highest BCUT2D eigenvalue weighted by atomic mass is 79.9. The zero-order chi connectivity index (χ0) is 19.3. The predicted molar refractivity (Wildman–Crippen MR) is 108 cm³/mol. The summed E-state index contributed by atoms with van der Waals surface area (Å²) >= 11 is 3.48. The Kier molecular flexibility index (Phi) is 7.06. The number of anilines is 1. The summed E-state index contributed by atoms with van der Waals surface area (Å²) in [5.74, 6) is 1.34. The third-order valence-electron chi connectivity index (χ3n) is 4.09. The zero-order valence-electron chi connectivity index (χ0n) is 15.9. The zero-order valence-corrected chi connectivity index (χ0v) is 17.4. The van der Waals surface area contributed by atoms with Crippen LogP contribution < -0.4 is 14.8 Å². The molecule has 0 aliphatic rings. The normalized spacial score (nSPS) is 10.7. The van der Waals surface area contributed by atoms with Gasteiger partial charge in [-0.1, -0.05) is 6.07 Å². The largest absolute Gasteiger partial charge is 0.493 e. The molecule has 0 aromatic heterocycles. The number of likely N-dealkylation sites (N-methyl/N-ethyl adjacent to an activating group) is 1. The maximum Gasteiger partial charge on any atom is 0.238 e. The van der Waals surface area contributed by atoms with Crippen molar-refractivity contribution in [3.05, 3.63) is 51.5 Å². The molecule has 1 amide bonds. The number of benzene rings is 2. The minimum Gasteiger partial charge on any atom is -0.493 e. The molecule has 2 aromatic rings. The topological polar surface area (TPSA) is 50.8 Å². The average Bonchev–Trinajstić information content (AvgIpc) is 2.58. The molecule has 2 aromatic carbocycles. The van der Waals surface area contributed by atoms with Gasteiger partial charge in [-0.15, -0.1) is 0 Å². The second kappa shape index (κ2) is 9.05. The molecule has 0 aliphatic carbocycles. The van der Waals surface area contributed by atoms with E-state index in [0.717, 1.165) is 26.9 Å². The summed E-state index contributed by atoms with van der Waals surface area (Å²) in [6, 6.07) is 9.75. The van der Waals surface area contributed by atoms with E-state index in [1.165, 1.54) is 0 Å². The number of hydrogen-bond acceptors (Lipinski definition) is 4. The van der Waals surface area contributed by atoms with Crippen LogP contribution in [0.25, 0.3) is 0 Å². The number of amides is 1. The Bertz CT molecular complexity index is 793. The Morgan fingerprint density at radius 2 is 1.77 bits per heavy atom. The van der Waals surface area contributed by atoms with Gasteiger partial charge in [0.25, 0.3) is 0 Å². The third kappa shape index (κ3) is 5.22. The quantitative estimate of drug-likeness (QED) is 0.730. The lowest BCUT2D eigenvalue weighted by Gasteiger charge is -2.19. The van der Waals surface area contributed by atoms with E-state index in [1.54, 1.807) is 14.2 Å². The summed E-state index contributed by atoms with van der Waals surface area (Å²) < 4.78 is 11.6. The Balaban J connectivity index is 2.01. The minimum atomic E-state index is -0.0600. The number of nitrogens with one attached hydrogen (secondary N) is 1. The molecule has 0 fully saturated rings. The van der Waals surface area contributed by atoms with Crippen molar-refractivity contribution >= 4 is 27.5 Å². The van der Waals surface area contributed by atoms with Gasteiger partial charge in [-0.05, 0) is 77.8 Å². The Morgan fingerprint density at radius 1 is 1.12 bits per heavy atom. The molecule has 0 saturated heterocycles. The molecule has 1 N–H and O–H groups in total. The monoisotopic (exact) mass is 420 g/mol. The van der Waals surface area contributed by atoms with Crippen molar-refractivity contribution in [2.24, 2.45) is 0 Å². The Hall–Kier alpha value is -2.05. The van der Waals surface area contributed by atoms with Gasteiger partial charge < -0.3 is 14.8 Å². The van der Waals surface area contributed by atoms with E-state index in [2.05, 4.69) is 21.2 Å². The summed E-state index contributed by atoms with van der Waals surface area (Å²) in [6.07, 6.45) is 0. The van der Waals surface area contributed by atoms with Crippen LogP contribution in [0.5, 0.6) is 11.5 Å². The second-order valence-corrected chi connectivity index (χ2v) is 7.19. The second-order valence-electron chi connectivity index (χ2n) is 6.34. The van der Waals surface area contributed by atoms with Gasteiger partial charge in [-0.2, -0.15) is 0 Å². The summed E-state index contributed by atoms with van der Waals surface area (Å²) in [6.45, 7) is 4.95. The number of aryl methyl sites for hydroxylation is 2. The summed E-state index contributed by atoms with van der Waals surface area (Å²) in [5, 5.41) is 2.94. The third-order valence-corrected chi connectivity index (χ3v) is 4.75. The first-order valence-corrected chi connectivity index (χ1v) is 9.09. The van der Waals surface area contributed by atoms with Crippen LogP contribution in [0.15, 0.2) is 34.8 Å². The molecular weight excluding hydrogens is 396 g/mol. The van der Waals surface area contributed by atoms with Crippen LogP contribution in [0.1, 0.15) is 16.7 Å². The fourth-order valence-corrected chi connectivity index (χ4v) is 3.29. The molecule has 26 heavy (non-hydrogen) atoms. The average molecular weight is 421 g/mol. The van der Waals surface area contributed by atoms with Crippen LogP contribution in [0.3, 0.4) is 0 Å². The molecule has 5 nitrogen and oxygen atoms in total.